The fraction of sp³-hybridized carbons (Fsp3) is 0.300. The normalized spacial score (nSPS) is 10.7. The van der Waals surface area contributed by atoms with Gasteiger partial charge in [-0.25, -0.2) is 0 Å². The topological polar surface area (TPSA) is 63.8 Å². The third-order valence-corrected chi connectivity index (χ3v) is 3.30. The van der Waals surface area contributed by atoms with Crippen LogP contribution in [0.5, 0.6) is 0 Å². The number of nitrogens with zero attached hydrogens (tertiary/aromatic N) is 4. The molecule has 1 aromatic heterocycles. The summed E-state index contributed by atoms with van der Waals surface area (Å²) >= 11 is 7.33. The van der Waals surface area contributed by atoms with Gasteiger partial charge in [0.1, 0.15) is 0 Å². The van der Waals surface area contributed by atoms with E-state index in [0.717, 1.165) is 17.9 Å². The van der Waals surface area contributed by atoms with Gasteiger partial charge >= 0.3 is 0 Å². The van der Waals surface area contributed by atoms with Crippen LogP contribution < -0.4 is 0 Å². The number of hydrogen-bond donors (Lipinski definition) is 1. The molecule has 1 N–H and O–H groups in total. The van der Waals surface area contributed by atoms with Crippen molar-refractivity contribution in [1.29, 1.82) is 0 Å². The van der Waals surface area contributed by atoms with Crippen molar-refractivity contribution >= 4 is 23.4 Å². The monoisotopic (exact) mass is 270 g/mol. The van der Waals surface area contributed by atoms with Gasteiger partial charge in [0.2, 0.25) is 5.16 Å². The summed E-state index contributed by atoms with van der Waals surface area (Å²) in [4.78, 5) is 0. The van der Waals surface area contributed by atoms with E-state index in [1.807, 2.05) is 12.1 Å². The van der Waals surface area contributed by atoms with Gasteiger partial charge in [-0.3, -0.25) is 0 Å². The number of thioether (sulfide) groups is 1. The van der Waals surface area contributed by atoms with E-state index in [0.29, 0.717) is 10.2 Å². The lowest BCUT2D eigenvalue weighted by Gasteiger charge is -2.03. The van der Waals surface area contributed by atoms with Crippen LogP contribution >= 0.6 is 23.4 Å². The van der Waals surface area contributed by atoms with Crippen LogP contribution in [-0.2, 0) is 0 Å². The minimum Gasteiger partial charge on any atom is -0.396 e. The van der Waals surface area contributed by atoms with Gasteiger partial charge in [-0.1, -0.05) is 23.4 Å². The predicted molar refractivity (Wildman–Crippen MR) is 66.6 cm³/mol. The smallest absolute Gasteiger partial charge is 0.214 e. The second kappa shape index (κ2) is 6.00. The van der Waals surface area contributed by atoms with E-state index in [1.54, 1.807) is 16.8 Å². The Hall–Kier alpha value is -1.11. The van der Waals surface area contributed by atoms with E-state index in [1.165, 1.54) is 11.8 Å². The number of aromatic nitrogens is 4. The maximum atomic E-state index is 8.73. The Kier molecular flexibility index (Phi) is 4.36. The molecule has 1 heterocycles. The summed E-state index contributed by atoms with van der Waals surface area (Å²) in [5.41, 5.74) is 0.867. The molecule has 0 aliphatic rings. The molecule has 0 spiro atoms. The van der Waals surface area contributed by atoms with E-state index < -0.39 is 0 Å². The second-order valence-electron chi connectivity index (χ2n) is 3.28. The highest BCUT2D eigenvalue weighted by Gasteiger charge is 2.08. The summed E-state index contributed by atoms with van der Waals surface area (Å²) in [6, 6.07) is 7.30. The van der Waals surface area contributed by atoms with Crippen molar-refractivity contribution < 1.29 is 5.11 Å². The number of aliphatic hydroxyl groups excluding tert-OH is 1. The van der Waals surface area contributed by atoms with Gasteiger partial charge in [-0.05, 0) is 41.1 Å². The first kappa shape index (κ1) is 12.3. The number of halogens is 1. The molecule has 2 rings (SSSR count). The lowest BCUT2D eigenvalue weighted by Crippen LogP contribution is -1.99. The number of rotatable bonds is 5. The lowest BCUT2D eigenvalue weighted by atomic mass is 10.3. The Balaban J connectivity index is 2.15. The van der Waals surface area contributed by atoms with Gasteiger partial charge < -0.3 is 5.11 Å². The minimum absolute atomic E-state index is 0.176. The molecule has 1 aromatic carbocycles. The molecule has 0 radical (unpaired) electrons. The molecule has 0 aliphatic heterocycles. The maximum absolute atomic E-state index is 8.73. The van der Waals surface area contributed by atoms with Crippen molar-refractivity contribution in [2.75, 3.05) is 12.4 Å². The van der Waals surface area contributed by atoms with Crippen LogP contribution in [0.3, 0.4) is 0 Å². The second-order valence-corrected chi connectivity index (χ2v) is 4.77. The van der Waals surface area contributed by atoms with Crippen molar-refractivity contribution in [3.63, 3.8) is 0 Å². The standard InChI is InChI=1S/C10H11ClN4OS/c11-8-2-4-9(5-3-8)15-10(12-13-14-15)17-7-1-6-16/h2-5,16H,1,6-7H2. The number of aliphatic hydroxyl groups is 1. The van der Waals surface area contributed by atoms with Crippen LogP contribution in [0.25, 0.3) is 5.69 Å². The van der Waals surface area contributed by atoms with Crippen LogP contribution in [0.4, 0.5) is 0 Å². The van der Waals surface area contributed by atoms with Crippen molar-refractivity contribution in [2.45, 2.75) is 11.6 Å². The summed E-state index contributed by atoms with van der Waals surface area (Å²) in [6.07, 6.45) is 0.720. The van der Waals surface area contributed by atoms with Crippen LogP contribution in [-0.4, -0.2) is 37.7 Å². The maximum Gasteiger partial charge on any atom is 0.214 e. The highest BCUT2D eigenvalue weighted by atomic mass is 35.5. The van der Waals surface area contributed by atoms with E-state index >= 15 is 0 Å². The molecule has 0 saturated carbocycles. The number of hydrogen-bond acceptors (Lipinski definition) is 5. The Morgan fingerprint density at radius 2 is 2.06 bits per heavy atom. The zero-order chi connectivity index (χ0) is 12.1. The molecule has 0 saturated heterocycles. The molecular weight excluding hydrogens is 260 g/mol. The largest absolute Gasteiger partial charge is 0.396 e. The highest BCUT2D eigenvalue weighted by molar-refractivity contribution is 7.99. The molecule has 17 heavy (non-hydrogen) atoms. The van der Waals surface area contributed by atoms with Gasteiger partial charge in [0, 0.05) is 17.4 Å². The highest BCUT2D eigenvalue weighted by Crippen LogP contribution is 2.19. The Morgan fingerprint density at radius 3 is 2.76 bits per heavy atom. The van der Waals surface area contributed by atoms with Crippen LogP contribution in [0, 0.1) is 0 Å². The molecule has 0 aliphatic carbocycles. The minimum atomic E-state index is 0.176. The van der Waals surface area contributed by atoms with E-state index in [-0.39, 0.29) is 6.61 Å². The van der Waals surface area contributed by atoms with E-state index in [9.17, 15) is 0 Å². The van der Waals surface area contributed by atoms with Crippen LogP contribution in [0.2, 0.25) is 5.02 Å². The Morgan fingerprint density at radius 1 is 1.29 bits per heavy atom. The molecular formula is C10H11ClN4OS. The Bertz CT molecular complexity index is 473. The summed E-state index contributed by atoms with van der Waals surface area (Å²) in [5.74, 6) is 0.782. The molecule has 0 unspecified atom stereocenters. The third kappa shape index (κ3) is 3.18. The summed E-state index contributed by atoms with van der Waals surface area (Å²) in [7, 11) is 0. The Labute approximate surface area is 108 Å². The summed E-state index contributed by atoms with van der Waals surface area (Å²) in [5, 5.41) is 21.6. The summed E-state index contributed by atoms with van der Waals surface area (Å²) < 4.78 is 1.65. The van der Waals surface area contributed by atoms with Gasteiger partial charge in [0.05, 0.1) is 5.69 Å². The molecule has 0 amide bonds. The van der Waals surface area contributed by atoms with Crippen molar-refractivity contribution in [1.82, 2.24) is 20.2 Å². The van der Waals surface area contributed by atoms with E-state index in [2.05, 4.69) is 15.5 Å². The average molecular weight is 271 g/mol. The fourth-order valence-corrected chi connectivity index (χ4v) is 2.18. The van der Waals surface area contributed by atoms with Crippen LogP contribution in [0.1, 0.15) is 6.42 Å². The van der Waals surface area contributed by atoms with Gasteiger partial charge in [0.15, 0.2) is 0 Å². The lowest BCUT2D eigenvalue weighted by molar-refractivity contribution is 0.296. The zero-order valence-electron chi connectivity index (χ0n) is 8.95. The van der Waals surface area contributed by atoms with E-state index in [4.69, 9.17) is 16.7 Å². The average Bonchev–Trinajstić information content (AvgIpc) is 2.79. The third-order valence-electron chi connectivity index (χ3n) is 2.05. The first-order valence-corrected chi connectivity index (χ1v) is 6.45. The van der Waals surface area contributed by atoms with Gasteiger partial charge in [0.25, 0.3) is 0 Å². The molecule has 7 heteroatoms. The molecule has 5 nitrogen and oxygen atoms in total. The molecule has 0 fully saturated rings. The summed E-state index contributed by atoms with van der Waals surface area (Å²) in [6.45, 7) is 0.176. The van der Waals surface area contributed by atoms with Gasteiger partial charge in [-0.2, -0.15) is 4.68 Å². The van der Waals surface area contributed by atoms with Crippen LogP contribution in [0.15, 0.2) is 29.4 Å². The molecule has 0 bridgehead atoms. The molecule has 0 atom stereocenters. The van der Waals surface area contributed by atoms with Gasteiger partial charge in [-0.15, -0.1) is 5.10 Å². The predicted octanol–water partition coefficient (Wildman–Crippen LogP) is 1.79. The SMILES string of the molecule is OCCCSc1nnnn1-c1ccc(Cl)cc1. The van der Waals surface area contributed by atoms with Crippen molar-refractivity contribution in [3.05, 3.63) is 29.3 Å². The zero-order valence-corrected chi connectivity index (χ0v) is 10.5. The number of benzene rings is 1. The van der Waals surface area contributed by atoms with Crippen molar-refractivity contribution in [2.24, 2.45) is 0 Å². The molecule has 2 aromatic rings. The first-order valence-electron chi connectivity index (χ1n) is 5.09. The first-order chi connectivity index (χ1) is 8.31. The van der Waals surface area contributed by atoms with Crippen molar-refractivity contribution in [3.8, 4) is 5.69 Å². The fourth-order valence-electron chi connectivity index (χ4n) is 1.24. The quantitative estimate of drug-likeness (QED) is 0.663. The number of tetrazole rings is 1. The molecule has 90 valence electrons.